The van der Waals surface area contributed by atoms with E-state index in [4.69, 9.17) is 9.47 Å². The zero-order chi connectivity index (χ0) is 19.6. The van der Waals surface area contributed by atoms with Crippen molar-refractivity contribution in [2.24, 2.45) is 0 Å². The SMILES string of the molecule is COC(=O)c1cccc(S(=O)(=O)NC2CCN([C@@H]3CCOC3=O)CC2)c1C. The Morgan fingerprint density at radius 2 is 1.96 bits per heavy atom. The highest BCUT2D eigenvalue weighted by Gasteiger charge is 2.35. The fourth-order valence-electron chi connectivity index (χ4n) is 3.67. The Labute approximate surface area is 158 Å². The molecule has 0 spiro atoms. The van der Waals surface area contributed by atoms with Gasteiger partial charge in [-0.3, -0.25) is 9.69 Å². The number of cyclic esters (lactones) is 1. The van der Waals surface area contributed by atoms with Crippen molar-refractivity contribution in [3.63, 3.8) is 0 Å². The van der Waals surface area contributed by atoms with Gasteiger partial charge in [0.1, 0.15) is 6.04 Å². The molecule has 0 aliphatic carbocycles. The lowest BCUT2D eigenvalue weighted by Crippen LogP contribution is -2.49. The lowest BCUT2D eigenvalue weighted by molar-refractivity contribution is -0.142. The Kier molecular flexibility index (Phi) is 5.83. The fraction of sp³-hybridized carbons (Fsp3) is 0.556. The molecule has 0 unspecified atom stereocenters. The number of nitrogens with one attached hydrogen (secondary N) is 1. The maximum Gasteiger partial charge on any atom is 0.338 e. The van der Waals surface area contributed by atoms with E-state index in [0.29, 0.717) is 44.5 Å². The standard InChI is InChI=1S/C18H24N2O6S/c1-12-14(17(21)25-2)4-3-5-16(12)27(23,24)19-13-6-9-20(10-7-13)15-8-11-26-18(15)22/h3-5,13,15,19H,6-11H2,1-2H3/t15-/m1/s1. The highest BCUT2D eigenvalue weighted by atomic mass is 32.2. The largest absolute Gasteiger partial charge is 0.465 e. The monoisotopic (exact) mass is 396 g/mol. The van der Waals surface area contributed by atoms with Crippen molar-refractivity contribution in [1.82, 2.24) is 9.62 Å². The van der Waals surface area contributed by atoms with Gasteiger partial charge in [-0.25, -0.2) is 17.9 Å². The first-order valence-electron chi connectivity index (χ1n) is 8.94. The molecule has 2 fully saturated rings. The molecule has 0 amide bonds. The third-order valence-electron chi connectivity index (χ3n) is 5.18. The van der Waals surface area contributed by atoms with Crippen LogP contribution in [-0.4, -0.2) is 64.1 Å². The molecule has 2 aliphatic heterocycles. The summed E-state index contributed by atoms with van der Waals surface area (Å²) in [5.41, 5.74) is 0.595. The third-order valence-corrected chi connectivity index (χ3v) is 6.84. The molecule has 2 aliphatic rings. The summed E-state index contributed by atoms with van der Waals surface area (Å²) in [6.45, 7) is 3.31. The van der Waals surface area contributed by atoms with E-state index >= 15 is 0 Å². The lowest BCUT2D eigenvalue weighted by Gasteiger charge is -2.34. The second-order valence-corrected chi connectivity index (χ2v) is 8.51. The summed E-state index contributed by atoms with van der Waals surface area (Å²) >= 11 is 0. The minimum Gasteiger partial charge on any atom is -0.465 e. The molecule has 1 N–H and O–H groups in total. The van der Waals surface area contributed by atoms with Gasteiger partial charge in [0.15, 0.2) is 0 Å². The van der Waals surface area contributed by atoms with Crippen LogP contribution in [-0.2, 0) is 24.3 Å². The van der Waals surface area contributed by atoms with Gasteiger partial charge in [0.25, 0.3) is 0 Å². The van der Waals surface area contributed by atoms with Crippen LogP contribution in [0.15, 0.2) is 23.1 Å². The quantitative estimate of drug-likeness (QED) is 0.736. The summed E-state index contributed by atoms with van der Waals surface area (Å²) in [6.07, 6.45) is 1.91. The molecule has 2 heterocycles. The number of sulfonamides is 1. The molecule has 0 radical (unpaired) electrons. The van der Waals surface area contributed by atoms with Crippen LogP contribution in [0, 0.1) is 6.92 Å². The van der Waals surface area contributed by atoms with Gasteiger partial charge < -0.3 is 9.47 Å². The van der Waals surface area contributed by atoms with Crippen molar-refractivity contribution in [3.05, 3.63) is 29.3 Å². The van der Waals surface area contributed by atoms with E-state index in [1.165, 1.54) is 19.2 Å². The zero-order valence-electron chi connectivity index (χ0n) is 15.4. The predicted octanol–water partition coefficient (Wildman–Crippen LogP) is 0.840. The van der Waals surface area contributed by atoms with Gasteiger partial charge >= 0.3 is 11.9 Å². The molecule has 0 bridgehead atoms. The molecular formula is C18H24N2O6S. The number of nitrogens with zero attached hydrogens (tertiary/aromatic N) is 1. The van der Waals surface area contributed by atoms with Crippen molar-refractivity contribution in [2.45, 2.75) is 43.2 Å². The first kappa shape index (κ1) is 19.8. The Hall–Kier alpha value is -1.97. The highest BCUT2D eigenvalue weighted by Crippen LogP contribution is 2.23. The van der Waals surface area contributed by atoms with Crippen molar-refractivity contribution in [1.29, 1.82) is 0 Å². The van der Waals surface area contributed by atoms with Crippen LogP contribution in [0.1, 0.15) is 35.2 Å². The molecule has 9 heteroatoms. The Morgan fingerprint density at radius 1 is 1.26 bits per heavy atom. The van der Waals surface area contributed by atoms with Crippen molar-refractivity contribution in [2.75, 3.05) is 26.8 Å². The number of ether oxygens (including phenoxy) is 2. The number of esters is 2. The number of carbonyl (C=O) groups is 2. The molecule has 1 aromatic rings. The summed E-state index contributed by atoms with van der Waals surface area (Å²) in [6, 6.07) is 4.13. The van der Waals surface area contributed by atoms with Crippen LogP contribution < -0.4 is 4.72 Å². The predicted molar refractivity (Wildman–Crippen MR) is 96.8 cm³/mol. The molecule has 2 saturated heterocycles. The van der Waals surface area contributed by atoms with Crippen LogP contribution in [0.4, 0.5) is 0 Å². The minimum absolute atomic E-state index is 0.0761. The molecule has 3 rings (SSSR count). The van der Waals surface area contributed by atoms with Crippen LogP contribution in [0.3, 0.4) is 0 Å². The molecule has 8 nitrogen and oxygen atoms in total. The molecule has 148 valence electrons. The molecular weight excluding hydrogens is 372 g/mol. The lowest BCUT2D eigenvalue weighted by atomic mass is 10.0. The normalized spacial score (nSPS) is 21.9. The first-order valence-corrected chi connectivity index (χ1v) is 10.4. The number of hydrogen-bond acceptors (Lipinski definition) is 7. The van der Waals surface area contributed by atoms with Gasteiger partial charge in [-0.15, -0.1) is 0 Å². The van der Waals surface area contributed by atoms with Gasteiger partial charge in [-0.05, 0) is 37.5 Å². The summed E-state index contributed by atoms with van der Waals surface area (Å²) in [5.74, 6) is -0.759. The smallest absolute Gasteiger partial charge is 0.338 e. The van der Waals surface area contributed by atoms with Crippen molar-refractivity contribution >= 4 is 22.0 Å². The topological polar surface area (TPSA) is 102 Å². The fourth-order valence-corrected chi connectivity index (χ4v) is 5.24. The van der Waals surface area contributed by atoms with Gasteiger partial charge in [0.05, 0.1) is 24.2 Å². The number of piperidine rings is 1. The molecule has 1 atom stereocenters. The van der Waals surface area contributed by atoms with Gasteiger partial charge in [-0.2, -0.15) is 0 Å². The van der Waals surface area contributed by atoms with Crippen LogP contribution >= 0.6 is 0 Å². The Morgan fingerprint density at radius 3 is 2.56 bits per heavy atom. The number of hydrogen-bond donors (Lipinski definition) is 1. The van der Waals surface area contributed by atoms with Gasteiger partial charge in [-0.1, -0.05) is 6.07 Å². The average Bonchev–Trinajstić information content (AvgIpc) is 3.07. The van der Waals surface area contributed by atoms with Gasteiger partial charge in [0.2, 0.25) is 10.0 Å². The van der Waals surface area contributed by atoms with Crippen molar-refractivity contribution < 1.29 is 27.5 Å². The van der Waals surface area contributed by atoms with Crippen LogP contribution in [0.2, 0.25) is 0 Å². The molecule has 27 heavy (non-hydrogen) atoms. The molecule has 1 aromatic carbocycles. The average molecular weight is 396 g/mol. The van der Waals surface area contributed by atoms with E-state index in [0.717, 1.165) is 0 Å². The van der Waals surface area contributed by atoms with E-state index in [1.54, 1.807) is 13.0 Å². The van der Waals surface area contributed by atoms with Crippen LogP contribution in [0.5, 0.6) is 0 Å². The second kappa shape index (κ2) is 7.95. The van der Waals surface area contributed by atoms with Crippen molar-refractivity contribution in [3.8, 4) is 0 Å². The summed E-state index contributed by atoms with van der Waals surface area (Å²) < 4.78 is 38.1. The number of methoxy groups -OCH3 is 1. The highest BCUT2D eigenvalue weighted by molar-refractivity contribution is 7.89. The Bertz CT molecular complexity index is 830. The van der Waals surface area contributed by atoms with Crippen LogP contribution in [0.25, 0.3) is 0 Å². The summed E-state index contributed by atoms with van der Waals surface area (Å²) in [7, 11) is -2.51. The molecule has 0 saturated carbocycles. The maximum atomic E-state index is 12.8. The van der Waals surface area contributed by atoms with E-state index in [2.05, 4.69) is 9.62 Å². The van der Waals surface area contributed by atoms with Gasteiger partial charge in [0, 0.05) is 25.6 Å². The second-order valence-electron chi connectivity index (χ2n) is 6.82. The van der Waals surface area contributed by atoms with E-state index < -0.39 is 16.0 Å². The summed E-state index contributed by atoms with van der Waals surface area (Å²) in [4.78, 5) is 25.7. The molecule has 0 aromatic heterocycles. The van der Waals surface area contributed by atoms with E-state index in [-0.39, 0.29) is 28.5 Å². The number of carbonyl (C=O) groups excluding carboxylic acids is 2. The summed E-state index contributed by atoms with van der Waals surface area (Å²) in [5, 5.41) is 0. The minimum atomic E-state index is -3.77. The first-order chi connectivity index (χ1) is 12.8. The van der Waals surface area contributed by atoms with E-state index in [1.807, 2.05) is 0 Å². The zero-order valence-corrected chi connectivity index (χ0v) is 16.3. The van der Waals surface area contributed by atoms with E-state index in [9.17, 15) is 18.0 Å². The maximum absolute atomic E-state index is 12.8. The number of likely N-dealkylation sites (tertiary alicyclic amines) is 1. The number of rotatable bonds is 5. The number of benzene rings is 1. The Balaban J connectivity index is 1.67. The third kappa shape index (κ3) is 4.15.